The molecule has 2 aromatic heterocycles. The van der Waals surface area contributed by atoms with Crippen molar-refractivity contribution in [1.82, 2.24) is 19.2 Å². The van der Waals surface area contributed by atoms with Crippen LogP contribution >= 0.6 is 0 Å². The second-order valence-corrected chi connectivity index (χ2v) is 9.97. The van der Waals surface area contributed by atoms with Crippen LogP contribution in [0.3, 0.4) is 0 Å². The monoisotopic (exact) mass is 501 g/mol. The molecule has 1 saturated carbocycles. The van der Waals surface area contributed by atoms with Gasteiger partial charge < -0.3 is 14.8 Å². The van der Waals surface area contributed by atoms with Gasteiger partial charge in [0.1, 0.15) is 5.82 Å². The van der Waals surface area contributed by atoms with Crippen molar-refractivity contribution >= 4 is 22.5 Å². The minimum Gasteiger partial charge on any atom is -0.361 e. The molecule has 1 unspecified atom stereocenters. The molecule has 1 atom stereocenters. The first-order chi connectivity index (χ1) is 17.0. The molecule has 1 amide bonds. The fraction of sp³-hybridized carbons (Fsp3) is 0.440. The van der Waals surface area contributed by atoms with Crippen molar-refractivity contribution in [1.29, 1.82) is 0 Å². The number of alkyl halides is 2. The number of nitrogens with zero attached hydrogens (tertiary/aromatic N) is 4. The summed E-state index contributed by atoms with van der Waals surface area (Å²) in [6.07, 6.45) is 0.361. The quantitative estimate of drug-likeness (QED) is 0.560. The van der Waals surface area contributed by atoms with Crippen LogP contribution in [-0.4, -0.2) is 38.2 Å². The second-order valence-electron chi connectivity index (χ2n) is 9.97. The topological polar surface area (TPSA) is 89.2 Å². The SMILES string of the molecule is CC(Nc1nn(C)c(=O)c2cc(=O)n(C3(C)CN(C(=O)C4CC4)C3)cc12)c1cccc(C(F)F)c1F. The van der Waals surface area contributed by atoms with Gasteiger partial charge in [0.2, 0.25) is 5.91 Å². The van der Waals surface area contributed by atoms with Gasteiger partial charge in [-0.25, -0.2) is 17.9 Å². The van der Waals surface area contributed by atoms with Gasteiger partial charge in [-0.15, -0.1) is 0 Å². The van der Waals surface area contributed by atoms with Crippen molar-refractivity contribution in [2.24, 2.45) is 13.0 Å². The Hall–Kier alpha value is -3.63. The van der Waals surface area contributed by atoms with Gasteiger partial charge in [0.25, 0.3) is 17.5 Å². The fourth-order valence-corrected chi connectivity index (χ4v) is 4.88. The molecule has 36 heavy (non-hydrogen) atoms. The third kappa shape index (κ3) is 3.96. The summed E-state index contributed by atoms with van der Waals surface area (Å²) in [4.78, 5) is 39.9. The Labute approximate surface area is 204 Å². The highest BCUT2D eigenvalue weighted by Gasteiger charge is 2.47. The summed E-state index contributed by atoms with van der Waals surface area (Å²) in [5.41, 5.74) is -2.21. The van der Waals surface area contributed by atoms with Crippen molar-refractivity contribution in [2.75, 3.05) is 18.4 Å². The maximum atomic E-state index is 14.8. The molecular weight excluding hydrogens is 475 g/mol. The lowest BCUT2D eigenvalue weighted by molar-refractivity contribution is -0.142. The number of fused-ring (bicyclic) bond motifs is 1. The number of aromatic nitrogens is 3. The molecule has 1 aliphatic heterocycles. The van der Waals surface area contributed by atoms with Crippen LogP contribution in [0.1, 0.15) is 50.3 Å². The number of amides is 1. The van der Waals surface area contributed by atoms with E-state index in [-0.39, 0.29) is 34.2 Å². The smallest absolute Gasteiger partial charge is 0.274 e. The Balaban J connectivity index is 1.53. The summed E-state index contributed by atoms with van der Waals surface area (Å²) in [5.74, 6) is -0.637. The van der Waals surface area contributed by atoms with Gasteiger partial charge >= 0.3 is 0 Å². The number of halogens is 3. The van der Waals surface area contributed by atoms with E-state index in [1.165, 1.54) is 36.0 Å². The first-order valence-electron chi connectivity index (χ1n) is 11.8. The van der Waals surface area contributed by atoms with Crippen molar-refractivity contribution in [3.05, 3.63) is 68.1 Å². The van der Waals surface area contributed by atoms with Gasteiger partial charge in [0.05, 0.1) is 22.5 Å². The highest BCUT2D eigenvalue weighted by molar-refractivity contribution is 5.90. The molecule has 2 aliphatic rings. The van der Waals surface area contributed by atoms with E-state index in [9.17, 15) is 27.6 Å². The molecule has 0 radical (unpaired) electrons. The molecule has 11 heteroatoms. The van der Waals surface area contributed by atoms with Crippen LogP contribution in [0.4, 0.5) is 19.0 Å². The predicted octanol–water partition coefficient (Wildman–Crippen LogP) is 3.31. The number of carbonyl (C=O) groups is 1. The molecule has 8 nitrogen and oxygen atoms in total. The number of aryl methyl sites for hydroxylation is 1. The number of carbonyl (C=O) groups excluding carboxylic acids is 1. The summed E-state index contributed by atoms with van der Waals surface area (Å²) >= 11 is 0. The van der Waals surface area contributed by atoms with E-state index < -0.39 is 34.9 Å². The molecule has 1 aliphatic carbocycles. The third-order valence-corrected chi connectivity index (χ3v) is 7.08. The molecule has 1 N–H and O–H groups in total. The Morgan fingerprint density at radius 3 is 2.47 bits per heavy atom. The van der Waals surface area contributed by atoms with Gasteiger partial charge in [-0.3, -0.25) is 14.4 Å². The number of likely N-dealkylation sites (tertiary alicyclic amines) is 1. The molecule has 5 rings (SSSR count). The number of hydrogen-bond donors (Lipinski definition) is 1. The van der Waals surface area contributed by atoms with E-state index in [1.807, 2.05) is 6.92 Å². The minimum atomic E-state index is -2.96. The lowest BCUT2D eigenvalue weighted by atomic mass is 9.90. The van der Waals surface area contributed by atoms with Crippen molar-refractivity contribution in [3.8, 4) is 0 Å². The summed E-state index contributed by atoms with van der Waals surface area (Å²) in [6.45, 7) is 4.21. The normalized spacial score (nSPS) is 17.8. The van der Waals surface area contributed by atoms with Crippen LogP contribution in [0.25, 0.3) is 10.8 Å². The van der Waals surface area contributed by atoms with Crippen molar-refractivity contribution < 1.29 is 18.0 Å². The summed E-state index contributed by atoms with van der Waals surface area (Å²) in [7, 11) is 1.43. The fourth-order valence-electron chi connectivity index (χ4n) is 4.88. The van der Waals surface area contributed by atoms with Crippen LogP contribution in [0, 0.1) is 11.7 Å². The van der Waals surface area contributed by atoms with Gasteiger partial charge in [-0.2, -0.15) is 5.10 Å². The van der Waals surface area contributed by atoms with Crippen LogP contribution < -0.4 is 16.4 Å². The molecule has 1 saturated heterocycles. The predicted molar refractivity (Wildman–Crippen MR) is 128 cm³/mol. The van der Waals surface area contributed by atoms with Crippen LogP contribution in [0.5, 0.6) is 0 Å². The zero-order chi connectivity index (χ0) is 25.9. The van der Waals surface area contributed by atoms with E-state index in [2.05, 4.69) is 10.4 Å². The van der Waals surface area contributed by atoms with E-state index >= 15 is 0 Å². The van der Waals surface area contributed by atoms with E-state index in [0.717, 1.165) is 23.6 Å². The molecular formula is C25H26F3N5O3. The van der Waals surface area contributed by atoms with Crippen LogP contribution in [-0.2, 0) is 17.4 Å². The average Bonchev–Trinajstić information content (AvgIpc) is 3.65. The van der Waals surface area contributed by atoms with Gasteiger partial charge in [0, 0.05) is 49.3 Å². The molecule has 0 spiro atoms. The van der Waals surface area contributed by atoms with Gasteiger partial charge in [0.15, 0.2) is 5.82 Å². The number of anilines is 1. The largest absolute Gasteiger partial charge is 0.361 e. The summed E-state index contributed by atoms with van der Waals surface area (Å²) in [6, 6.07) is 4.26. The molecule has 1 aromatic carbocycles. The van der Waals surface area contributed by atoms with Gasteiger partial charge in [-0.1, -0.05) is 18.2 Å². The second kappa shape index (κ2) is 8.49. The number of rotatable bonds is 6. The Morgan fingerprint density at radius 1 is 1.17 bits per heavy atom. The first kappa shape index (κ1) is 24.1. The molecule has 190 valence electrons. The van der Waals surface area contributed by atoms with E-state index in [4.69, 9.17) is 0 Å². The molecule has 2 fully saturated rings. The highest BCUT2D eigenvalue weighted by atomic mass is 19.3. The number of benzene rings is 1. The van der Waals surface area contributed by atoms with Crippen LogP contribution in [0.2, 0.25) is 0 Å². The maximum absolute atomic E-state index is 14.8. The maximum Gasteiger partial charge on any atom is 0.274 e. The lowest BCUT2D eigenvalue weighted by Gasteiger charge is -2.49. The number of pyridine rings is 1. The first-order valence-corrected chi connectivity index (χ1v) is 11.8. The van der Waals surface area contributed by atoms with Crippen LogP contribution in [0.15, 0.2) is 40.1 Å². The zero-order valence-corrected chi connectivity index (χ0v) is 20.1. The number of hydrogen-bond acceptors (Lipinski definition) is 5. The summed E-state index contributed by atoms with van der Waals surface area (Å²) in [5, 5.41) is 7.75. The standard InChI is InChI=1S/C25H26F3N5O3/c1-13(15-5-4-6-16(20(15)26)21(27)28)29-22-18-10-33(19(34)9-17(18)24(36)31(3)30-22)25(2)11-32(12-25)23(35)14-7-8-14/h4-6,9-10,13-14,21H,7-8,11-12H2,1-3H3,(H,29,30). The average molecular weight is 502 g/mol. The number of nitrogens with one attached hydrogen (secondary N) is 1. The molecule has 0 bridgehead atoms. The lowest BCUT2D eigenvalue weighted by Crippen LogP contribution is -2.64. The molecule has 3 heterocycles. The highest BCUT2D eigenvalue weighted by Crippen LogP contribution is 2.37. The summed E-state index contributed by atoms with van der Waals surface area (Å²) < 4.78 is 43.7. The molecule has 3 aromatic rings. The van der Waals surface area contributed by atoms with Crippen molar-refractivity contribution in [3.63, 3.8) is 0 Å². The van der Waals surface area contributed by atoms with E-state index in [0.29, 0.717) is 18.5 Å². The van der Waals surface area contributed by atoms with Crippen molar-refractivity contribution in [2.45, 2.75) is 44.7 Å². The minimum absolute atomic E-state index is 0.0186. The third-order valence-electron chi connectivity index (χ3n) is 7.08. The Kier molecular flexibility index (Phi) is 5.68. The van der Waals surface area contributed by atoms with Gasteiger partial charge in [-0.05, 0) is 26.7 Å². The Morgan fingerprint density at radius 2 is 1.83 bits per heavy atom. The van der Waals surface area contributed by atoms with E-state index in [1.54, 1.807) is 11.8 Å². The Bertz CT molecular complexity index is 1490. The zero-order valence-electron chi connectivity index (χ0n) is 20.1.